The predicted molar refractivity (Wildman–Crippen MR) is 63.6 cm³/mol. The first-order valence-corrected chi connectivity index (χ1v) is 5.55. The third-order valence-electron chi connectivity index (χ3n) is 2.84. The van der Waals surface area contributed by atoms with Crippen LogP contribution in [0.1, 0.15) is 22.9 Å². The number of nitrogens with two attached hydrogens (primary N) is 1. The second kappa shape index (κ2) is 5.29. The smallest absolute Gasteiger partial charge is 0.126 e. The summed E-state index contributed by atoms with van der Waals surface area (Å²) in [6, 6.07) is 4.98. The highest BCUT2D eigenvalue weighted by Gasteiger charge is 2.15. The molecule has 1 aromatic heterocycles. The minimum Gasteiger partial charge on any atom is -0.469 e. The molecule has 1 aromatic carbocycles. The minimum absolute atomic E-state index is 0.245. The molecule has 0 saturated carbocycles. The van der Waals surface area contributed by atoms with E-state index in [-0.39, 0.29) is 6.04 Å². The van der Waals surface area contributed by atoms with Crippen molar-refractivity contribution in [1.29, 1.82) is 0 Å². The summed E-state index contributed by atoms with van der Waals surface area (Å²) in [7, 11) is 0. The van der Waals surface area contributed by atoms with Crippen LogP contribution < -0.4 is 11.3 Å². The van der Waals surface area contributed by atoms with Gasteiger partial charge in [0.2, 0.25) is 0 Å². The largest absolute Gasteiger partial charge is 0.469 e. The lowest BCUT2D eigenvalue weighted by Gasteiger charge is -2.15. The lowest BCUT2D eigenvalue weighted by molar-refractivity contribution is 0.500. The molecule has 0 bridgehead atoms. The van der Waals surface area contributed by atoms with Gasteiger partial charge in [-0.05, 0) is 37.1 Å². The normalized spacial score (nSPS) is 12.7. The molecular weight excluding hydrogens is 238 g/mol. The zero-order valence-corrected chi connectivity index (χ0v) is 9.91. The fourth-order valence-corrected chi connectivity index (χ4v) is 1.98. The van der Waals surface area contributed by atoms with Crippen LogP contribution in [0, 0.1) is 18.6 Å². The number of hydrogen-bond donors (Lipinski definition) is 2. The van der Waals surface area contributed by atoms with Gasteiger partial charge in [-0.25, -0.2) is 8.78 Å². The Hall–Kier alpha value is -1.72. The van der Waals surface area contributed by atoms with Gasteiger partial charge in [-0.15, -0.1) is 0 Å². The van der Waals surface area contributed by atoms with Crippen LogP contribution in [-0.4, -0.2) is 0 Å². The Morgan fingerprint density at radius 2 is 1.94 bits per heavy atom. The SMILES string of the molecule is Cc1occc1C(Cc1cc(F)cc(F)c1)NN. The van der Waals surface area contributed by atoms with Crippen molar-refractivity contribution in [3.8, 4) is 0 Å². The first-order chi connectivity index (χ1) is 8.60. The van der Waals surface area contributed by atoms with Crippen LogP contribution in [0.15, 0.2) is 34.9 Å². The second-order valence-corrected chi connectivity index (χ2v) is 4.13. The summed E-state index contributed by atoms with van der Waals surface area (Å²) < 4.78 is 31.4. The average Bonchev–Trinajstić information content (AvgIpc) is 2.71. The van der Waals surface area contributed by atoms with E-state index in [1.165, 1.54) is 12.1 Å². The van der Waals surface area contributed by atoms with E-state index in [9.17, 15) is 8.78 Å². The van der Waals surface area contributed by atoms with E-state index in [0.29, 0.717) is 12.0 Å². The molecule has 0 saturated heterocycles. The Bertz CT molecular complexity index is 519. The number of nitrogens with one attached hydrogen (secondary N) is 1. The first kappa shape index (κ1) is 12.7. The number of furan rings is 1. The quantitative estimate of drug-likeness (QED) is 0.649. The first-order valence-electron chi connectivity index (χ1n) is 5.55. The Morgan fingerprint density at radius 1 is 1.28 bits per heavy atom. The van der Waals surface area contributed by atoms with Crippen LogP contribution in [0.5, 0.6) is 0 Å². The van der Waals surface area contributed by atoms with E-state index in [2.05, 4.69) is 5.43 Å². The molecule has 0 aliphatic heterocycles. The molecular formula is C13H14F2N2O. The summed E-state index contributed by atoms with van der Waals surface area (Å²) in [5.74, 6) is 5.02. The minimum atomic E-state index is -0.593. The van der Waals surface area contributed by atoms with Gasteiger partial charge in [-0.2, -0.15) is 0 Å². The maximum absolute atomic E-state index is 13.1. The van der Waals surface area contributed by atoms with Crippen LogP contribution in [0.4, 0.5) is 8.78 Å². The highest BCUT2D eigenvalue weighted by molar-refractivity contribution is 5.25. The van der Waals surface area contributed by atoms with E-state index in [0.717, 1.165) is 17.4 Å². The molecule has 2 rings (SSSR count). The fourth-order valence-electron chi connectivity index (χ4n) is 1.98. The van der Waals surface area contributed by atoms with Gasteiger partial charge < -0.3 is 4.42 Å². The van der Waals surface area contributed by atoms with Gasteiger partial charge in [-0.1, -0.05) is 0 Å². The molecule has 1 atom stereocenters. The van der Waals surface area contributed by atoms with Crippen LogP contribution in [-0.2, 0) is 6.42 Å². The Labute approximate surface area is 104 Å². The van der Waals surface area contributed by atoms with Crippen molar-refractivity contribution < 1.29 is 13.2 Å². The number of hydrogen-bond acceptors (Lipinski definition) is 3. The molecule has 1 unspecified atom stereocenters. The molecule has 18 heavy (non-hydrogen) atoms. The van der Waals surface area contributed by atoms with Crippen molar-refractivity contribution in [2.24, 2.45) is 5.84 Å². The molecule has 0 radical (unpaired) electrons. The van der Waals surface area contributed by atoms with Crippen LogP contribution in [0.3, 0.4) is 0 Å². The van der Waals surface area contributed by atoms with Gasteiger partial charge in [-0.3, -0.25) is 11.3 Å². The number of aryl methyl sites for hydroxylation is 1. The molecule has 0 aliphatic carbocycles. The Balaban J connectivity index is 2.23. The van der Waals surface area contributed by atoms with Crippen molar-refractivity contribution >= 4 is 0 Å². The molecule has 5 heteroatoms. The van der Waals surface area contributed by atoms with Crippen molar-refractivity contribution in [1.82, 2.24) is 5.43 Å². The second-order valence-electron chi connectivity index (χ2n) is 4.13. The van der Waals surface area contributed by atoms with Crippen molar-refractivity contribution in [2.45, 2.75) is 19.4 Å². The molecule has 3 nitrogen and oxygen atoms in total. The summed E-state index contributed by atoms with van der Waals surface area (Å²) in [4.78, 5) is 0. The lowest BCUT2D eigenvalue weighted by Crippen LogP contribution is -2.29. The third kappa shape index (κ3) is 2.75. The Morgan fingerprint density at radius 3 is 2.44 bits per heavy atom. The number of benzene rings is 1. The molecule has 2 aromatic rings. The standard InChI is InChI=1S/C13H14F2N2O/c1-8-12(2-3-18-8)13(17-16)6-9-4-10(14)7-11(15)5-9/h2-5,7,13,17H,6,16H2,1H3. The summed E-state index contributed by atoms with van der Waals surface area (Å²) in [5, 5.41) is 0. The highest BCUT2D eigenvalue weighted by Crippen LogP contribution is 2.22. The predicted octanol–water partition coefficient (Wildman–Crippen LogP) is 2.61. The van der Waals surface area contributed by atoms with E-state index >= 15 is 0 Å². The number of hydrazine groups is 1. The van der Waals surface area contributed by atoms with Gasteiger partial charge in [0.25, 0.3) is 0 Å². The third-order valence-corrected chi connectivity index (χ3v) is 2.84. The molecule has 3 N–H and O–H groups in total. The molecule has 0 aliphatic rings. The van der Waals surface area contributed by atoms with Crippen molar-refractivity contribution in [2.75, 3.05) is 0 Å². The Kier molecular flexibility index (Phi) is 3.74. The average molecular weight is 252 g/mol. The fraction of sp³-hybridized carbons (Fsp3) is 0.231. The summed E-state index contributed by atoms with van der Waals surface area (Å²) in [5.41, 5.74) is 4.04. The summed E-state index contributed by atoms with van der Waals surface area (Å²) >= 11 is 0. The topological polar surface area (TPSA) is 51.2 Å². The van der Waals surface area contributed by atoms with E-state index in [1.54, 1.807) is 12.3 Å². The van der Waals surface area contributed by atoms with E-state index in [1.807, 2.05) is 6.92 Å². The zero-order valence-electron chi connectivity index (χ0n) is 9.91. The van der Waals surface area contributed by atoms with Crippen LogP contribution in [0.2, 0.25) is 0 Å². The van der Waals surface area contributed by atoms with Gasteiger partial charge in [0.1, 0.15) is 17.4 Å². The molecule has 0 spiro atoms. The van der Waals surface area contributed by atoms with Gasteiger partial charge >= 0.3 is 0 Å². The van der Waals surface area contributed by atoms with E-state index in [4.69, 9.17) is 10.3 Å². The van der Waals surface area contributed by atoms with Crippen LogP contribution >= 0.6 is 0 Å². The molecule has 1 heterocycles. The maximum atomic E-state index is 13.1. The summed E-state index contributed by atoms with van der Waals surface area (Å²) in [6.07, 6.45) is 1.94. The van der Waals surface area contributed by atoms with Gasteiger partial charge in [0, 0.05) is 11.6 Å². The number of rotatable bonds is 4. The van der Waals surface area contributed by atoms with Crippen molar-refractivity contribution in [3.63, 3.8) is 0 Å². The molecule has 96 valence electrons. The summed E-state index contributed by atoms with van der Waals surface area (Å²) in [6.45, 7) is 1.81. The van der Waals surface area contributed by atoms with Crippen LogP contribution in [0.25, 0.3) is 0 Å². The number of halogens is 2. The zero-order chi connectivity index (χ0) is 13.1. The molecule has 0 fully saturated rings. The van der Waals surface area contributed by atoms with Crippen molar-refractivity contribution in [3.05, 3.63) is 59.1 Å². The van der Waals surface area contributed by atoms with E-state index < -0.39 is 11.6 Å². The monoisotopic (exact) mass is 252 g/mol. The molecule has 0 amide bonds. The van der Waals surface area contributed by atoms with Gasteiger partial charge in [0.15, 0.2) is 0 Å². The lowest BCUT2D eigenvalue weighted by atomic mass is 10.00. The maximum Gasteiger partial charge on any atom is 0.126 e. The van der Waals surface area contributed by atoms with Gasteiger partial charge in [0.05, 0.1) is 12.3 Å². The highest BCUT2D eigenvalue weighted by atomic mass is 19.1.